The quantitative estimate of drug-likeness (QED) is 0.821. The molecule has 4 bridgehead atoms. The molecule has 0 aliphatic heterocycles. The van der Waals surface area contributed by atoms with Crippen LogP contribution in [-0.4, -0.2) is 9.78 Å². The molecule has 0 spiro atoms. The molecule has 5 rings (SSSR count). The van der Waals surface area contributed by atoms with Crippen molar-refractivity contribution in [3.8, 4) is 6.07 Å². The van der Waals surface area contributed by atoms with Gasteiger partial charge in [-0.05, 0) is 56.3 Å². The van der Waals surface area contributed by atoms with E-state index >= 15 is 0 Å². The molecule has 2 N–H and O–H groups in total. The van der Waals surface area contributed by atoms with Gasteiger partial charge in [0.15, 0.2) is 5.69 Å². The Labute approximate surface area is 107 Å². The van der Waals surface area contributed by atoms with Crippen LogP contribution in [0.4, 0.5) is 5.69 Å². The van der Waals surface area contributed by atoms with Gasteiger partial charge in [-0.3, -0.25) is 0 Å². The van der Waals surface area contributed by atoms with Crippen LogP contribution in [0.3, 0.4) is 0 Å². The number of nitrogens with two attached hydrogens (primary N) is 1. The first-order chi connectivity index (χ1) is 8.70. The Morgan fingerprint density at radius 1 is 1.22 bits per heavy atom. The fourth-order valence-corrected chi connectivity index (χ4v) is 5.16. The second kappa shape index (κ2) is 3.28. The maximum absolute atomic E-state index is 9.30. The van der Waals surface area contributed by atoms with Crippen LogP contribution >= 0.6 is 0 Å². The van der Waals surface area contributed by atoms with Crippen molar-refractivity contribution in [2.24, 2.45) is 17.8 Å². The van der Waals surface area contributed by atoms with Crippen LogP contribution in [0.5, 0.6) is 0 Å². The monoisotopic (exact) mass is 242 g/mol. The lowest BCUT2D eigenvalue weighted by Gasteiger charge is -2.56. The Morgan fingerprint density at radius 2 is 1.78 bits per heavy atom. The van der Waals surface area contributed by atoms with E-state index in [0.29, 0.717) is 11.4 Å². The minimum Gasteiger partial charge on any atom is -0.395 e. The van der Waals surface area contributed by atoms with Gasteiger partial charge in [-0.2, -0.15) is 10.4 Å². The Kier molecular flexibility index (Phi) is 1.90. The zero-order valence-electron chi connectivity index (χ0n) is 10.5. The molecule has 4 heteroatoms. The number of aromatic nitrogens is 2. The average molecular weight is 242 g/mol. The number of nitrogen functional groups attached to an aromatic ring is 1. The number of nitriles is 1. The van der Waals surface area contributed by atoms with Crippen LogP contribution in [0, 0.1) is 29.1 Å². The minimum atomic E-state index is 0.109. The van der Waals surface area contributed by atoms with Crippen molar-refractivity contribution in [1.82, 2.24) is 9.78 Å². The number of rotatable bonds is 1. The number of hydrogen-bond donors (Lipinski definition) is 1. The predicted octanol–water partition coefficient (Wildman–Crippen LogP) is 2.26. The highest BCUT2D eigenvalue weighted by molar-refractivity contribution is 5.49. The molecule has 4 saturated carbocycles. The lowest BCUT2D eigenvalue weighted by Crippen LogP contribution is -2.52. The fraction of sp³-hybridized carbons (Fsp3) is 0.714. The molecular weight excluding hydrogens is 224 g/mol. The molecule has 4 nitrogen and oxygen atoms in total. The highest BCUT2D eigenvalue weighted by Crippen LogP contribution is 2.58. The molecule has 18 heavy (non-hydrogen) atoms. The van der Waals surface area contributed by atoms with Crippen molar-refractivity contribution < 1.29 is 0 Å². The SMILES string of the molecule is N#Cc1c(N)cnn1C12CC3CC(CC(C3)C1)C2. The Hall–Kier alpha value is -1.50. The van der Waals surface area contributed by atoms with Gasteiger partial charge < -0.3 is 5.73 Å². The van der Waals surface area contributed by atoms with Gasteiger partial charge in [0, 0.05) is 0 Å². The molecule has 94 valence electrons. The molecule has 0 atom stereocenters. The van der Waals surface area contributed by atoms with Crippen molar-refractivity contribution >= 4 is 5.69 Å². The van der Waals surface area contributed by atoms with Gasteiger partial charge in [0.05, 0.1) is 17.4 Å². The van der Waals surface area contributed by atoms with Crippen LogP contribution < -0.4 is 5.73 Å². The Balaban J connectivity index is 1.82. The highest BCUT2D eigenvalue weighted by atomic mass is 15.3. The van der Waals surface area contributed by atoms with E-state index in [2.05, 4.69) is 11.2 Å². The van der Waals surface area contributed by atoms with Crippen LogP contribution in [0.2, 0.25) is 0 Å². The van der Waals surface area contributed by atoms with Crippen molar-refractivity contribution in [1.29, 1.82) is 5.26 Å². The maximum Gasteiger partial charge on any atom is 0.162 e. The lowest BCUT2D eigenvalue weighted by molar-refractivity contribution is -0.0497. The normalized spacial score (nSPS) is 40.9. The van der Waals surface area contributed by atoms with E-state index in [9.17, 15) is 5.26 Å². The van der Waals surface area contributed by atoms with Crippen molar-refractivity contribution in [3.63, 3.8) is 0 Å². The Bertz CT molecular complexity index is 501. The molecule has 0 aromatic carbocycles. The second-order valence-corrected chi connectivity index (χ2v) is 6.61. The summed E-state index contributed by atoms with van der Waals surface area (Å²) in [5.41, 5.74) is 7.09. The summed E-state index contributed by atoms with van der Waals surface area (Å²) in [6.45, 7) is 0. The van der Waals surface area contributed by atoms with Gasteiger partial charge in [0.1, 0.15) is 6.07 Å². The van der Waals surface area contributed by atoms with Crippen LogP contribution in [0.25, 0.3) is 0 Å². The zero-order chi connectivity index (χ0) is 12.3. The number of anilines is 1. The average Bonchev–Trinajstić information content (AvgIpc) is 2.69. The molecule has 0 radical (unpaired) electrons. The molecule has 1 heterocycles. The van der Waals surface area contributed by atoms with Crippen LogP contribution in [-0.2, 0) is 5.54 Å². The summed E-state index contributed by atoms with van der Waals surface area (Å²) in [5.74, 6) is 2.56. The summed E-state index contributed by atoms with van der Waals surface area (Å²) in [4.78, 5) is 0. The molecule has 1 aromatic heterocycles. The van der Waals surface area contributed by atoms with Gasteiger partial charge in [0.2, 0.25) is 0 Å². The largest absolute Gasteiger partial charge is 0.395 e. The van der Waals surface area contributed by atoms with Gasteiger partial charge in [-0.15, -0.1) is 0 Å². The minimum absolute atomic E-state index is 0.109. The summed E-state index contributed by atoms with van der Waals surface area (Å²) in [5, 5.41) is 13.7. The van der Waals surface area contributed by atoms with Crippen molar-refractivity contribution in [2.45, 2.75) is 44.1 Å². The summed E-state index contributed by atoms with van der Waals surface area (Å²) < 4.78 is 1.98. The maximum atomic E-state index is 9.30. The van der Waals surface area contributed by atoms with Crippen LogP contribution in [0.15, 0.2) is 6.20 Å². The zero-order valence-corrected chi connectivity index (χ0v) is 10.5. The summed E-state index contributed by atoms with van der Waals surface area (Å²) >= 11 is 0. The standard InChI is InChI=1S/C14H18N4/c15-7-13-12(16)8-17-18(13)14-4-9-1-10(5-14)3-11(2-9)6-14/h8-11H,1-6,16H2. The van der Waals surface area contributed by atoms with Gasteiger partial charge in [-0.1, -0.05) is 0 Å². The predicted molar refractivity (Wildman–Crippen MR) is 67.5 cm³/mol. The molecule has 0 amide bonds. The summed E-state index contributed by atoms with van der Waals surface area (Å²) in [6, 6.07) is 2.24. The van der Waals surface area contributed by atoms with E-state index in [0.717, 1.165) is 17.8 Å². The Morgan fingerprint density at radius 3 is 2.28 bits per heavy atom. The highest BCUT2D eigenvalue weighted by Gasteiger charge is 2.53. The number of hydrogen-bond acceptors (Lipinski definition) is 3. The molecular formula is C14H18N4. The topological polar surface area (TPSA) is 67.6 Å². The number of nitrogens with zero attached hydrogens (tertiary/aromatic N) is 3. The van der Waals surface area contributed by atoms with Gasteiger partial charge >= 0.3 is 0 Å². The molecule has 0 unspecified atom stereocenters. The van der Waals surface area contributed by atoms with Gasteiger partial charge in [-0.25, -0.2) is 4.68 Å². The molecule has 0 saturated heterocycles. The van der Waals surface area contributed by atoms with E-state index in [1.54, 1.807) is 6.20 Å². The summed E-state index contributed by atoms with van der Waals surface area (Å²) in [6.07, 6.45) is 9.46. The fourth-order valence-electron chi connectivity index (χ4n) is 5.16. The smallest absolute Gasteiger partial charge is 0.162 e. The van der Waals surface area contributed by atoms with E-state index in [4.69, 9.17) is 5.73 Å². The van der Waals surface area contributed by atoms with Gasteiger partial charge in [0.25, 0.3) is 0 Å². The third-order valence-electron chi connectivity index (χ3n) is 5.36. The first kappa shape index (κ1) is 10.4. The second-order valence-electron chi connectivity index (χ2n) is 6.61. The molecule has 4 fully saturated rings. The van der Waals surface area contributed by atoms with E-state index in [-0.39, 0.29) is 5.54 Å². The first-order valence-corrected chi connectivity index (χ1v) is 6.94. The van der Waals surface area contributed by atoms with Crippen molar-refractivity contribution in [3.05, 3.63) is 11.9 Å². The molecule has 4 aliphatic carbocycles. The lowest BCUT2D eigenvalue weighted by atomic mass is 9.53. The van der Waals surface area contributed by atoms with E-state index in [1.165, 1.54) is 38.5 Å². The van der Waals surface area contributed by atoms with Crippen LogP contribution in [0.1, 0.15) is 44.2 Å². The van der Waals surface area contributed by atoms with E-state index in [1.807, 2.05) is 4.68 Å². The van der Waals surface area contributed by atoms with Crippen molar-refractivity contribution in [2.75, 3.05) is 5.73 Å². The molecule has 1 aromatic rings. The molecule has 4 aliphatic rings. The van der Waals surface area contributed by atoms with E-state index < -0.39 is 0 Å². The third kappa shape index (κ3) is 1.22. The summed E-state index contributed by atoms with van der Waals surface area (Å²) in [7, 11) is 0. The first-order valence-electron chi connectivity index (χ1n) is 6.94. The third-order valence-corrected chi connectivity index (χ3v) is 5.36.